The van der Waals surface area contributed by atoms with Crippen LogP contribution in [-0.4, -0.2) is 5.11 Å². The van der Waals surface area contributed by atoms with Crippen molar-refractivity contribution in [1.29, 1.82) is 0 Å². The topological polar surface area (TPSA) is 33.4 Å². The van der Waals surface area contributed by atoms with Gasteiger partial charge in [0, 0.05) is 5.56 Å². The number of aliphatic hydroxyl groups excluding tert-OH is 1. The van der Waals surface area contributed by atoms with E-state index >= 15 is 0 Å². The van der Waals surface area contributed by atoms with Gasteiger partial charge in [-0.2, -0.15) is 0 Å². The van der Waals surface area contributed by atoms with Crippen molar-refractivity contribution in [1.82, 2.24) is 0 Å². The predicted octanol–water partition coefficient (Wildman–Crippen LogP) is 4.06. The fourth-order valence-corrected chi connectivity index (χ4v) is 4.37. The van der Waals surface area contributed by atoms with E-state index < -0.39 is 0 Å². The average molecular weight is 248 g/mol. The third-order valence-corrected chi connectivity index (χ3v) is 5.36. The molecule has 1 heterocycles. The number of hydrogen-bond acceptors (Lipinski definition) is 2. The van der Waals surface area contributed by atoms with Gasteiger partial charge in [0.1, 0.15) is 11.5 Å². The molecule has 2 aliphatic rings. The highest BCUT2D eigenvalue weighted by atomic mass is 16.3. The molecular formula is C16H24O2. The number of fused-ring (bicyclic) bond motifs is 2. The van der Waals surface area contributed by atoms with Crippen LogP contribution in [0, 0.1) is 38.5 Å². The standard InChI is InChI=1S/C16H24O2/c1-9-10(2)18-11(3)16(9)15(17)8-14-7-12-4-5-13(14)6-12/h12-15,17H,4-8H2,1-3H3. The van der Waals surface area contributed by atoms with Gasteiger partial charge in [0.25, 0.3) is 0 Å². The van der Waals surface area contributed by atoms with Crippen LogP contribution < -0.4 is 0 Å². The Morgan fingerprint density at radius 1 is 1.17 bits per heavy atom. The summed E-state index contributed by atoms with van der Waals surface area (Å²) in [6.45, 7) is 6.01. The van der Waals surface area contributed by atoms with Crippen LogP contribution in [0.2, 0.25) is 0 Å². The summed E-state index contributed by atoms with van der Waals surface area (Å²) in [5.74, 6) is 4.45. The maximum absolute atomic E-state index is 10.5. The van der Waals surface area contributed by atoms with Crippen LogP contribution in [-0.2, 0) is 0 Å². The lowest BCUT2D eigenvalue weighted by atomic mass is 9.83. The first-order chi connectivity index (χ1) is 8.56. The zero-order valence-corrected chi connectivity index (χ0v) is 11.7. The minimum absolute atomic E-state index is 0.327. The molecule has 100 valence electrons. The molecule has 2 aliphatic carbocycles. The van der Waals surface area contributed by atoms with Crippen LogP contribution in [0.1, 0.15) is 60.9 Å². The Kier molecular flexibility index (Phi) is 3.01. The van der Waals surface area contributed by atoms with E-state index in [9.17, 15) is 5.11 Å². The maximum atomic E-state index is 10.5. The van der Waals surface area contributed by atoms with Crippen molar-refractivity contribution in [2.24, 2.45) is 17.8 Å². The molecule has 2 heteroatoms. The van der Waals surface area contributed by atoms with Gasteiger partial charge in [-0.3, -0.25) is 0 Å². The summed E-state index contributed by atoms with van der Waals surface area (Å²) in [6.07, 6.45) is 6.19. The van der Waals surface area contributed by atoms with Crippen molar-refractivity contribution in [3.05, 3.63) is 22.6 Å². The zero-order valence-electron chi connectivity index (χ0n) is 11.7. The van der Waals surface area contributed by atoms with Crippen molar-refractivity contribution >= 4 is 0 Å². The number of hydrogen-bond donors (Lipinski definition) is 1. The Labute approximate surface area is 109 Å². The number of aryl methyl sites for hydroxylation is 2. The molecule has 0 amide bonds. The van der Waals surface area contributed by atoms with Crippen molar-refractivity contribution < 1.29 is 9.52 Å². The maximum Gasteiger partial charge on any atom is 0.107 e. The van der Waals surface area contributed by atoms with Crippen LogP contribution >= 0.6 is 0 Å². The van der Waals surface area contributed by atoms with E-state index in [1.807, 2.05) is 13.8 Å². The minimum atomic E-state index is -0.327. The van der Waals surface area contributed by atoms with E-state index in [1.54, 1.807) is 0 Å². The highest BCUT2D eigenvalue weighted by Gasteiger charge is 2.40. The molecule has 2 nitrogen and oxygen atoms in total. The smallest absolute Gasteiger partial charge is 0.107 e. The summed E-state index contributed by atoms with van der Waals surface area (Å²) in [7, 11) is 0. The van der Waals surface area contributed by atoms with E-state index in [-0.39, 0.29) is 6.10 Å². The zero-order chi connectivity index (χ0) is 12.9. The Bertz CT molecular complexity index is 446. The highest BCUT2D eigenvalue weighted by molar-refractivity contribution is 5.33. The molecule has 18 heavy (non-hydrogen) atoms. The molecule has 2 bridgehead atoms. The van der Waals surface area contributed by atoms with Crippen molar-refractivity contribution in [2.75, 3.05) is 0 Å². The molecule has 3 rings (SSSR count). The summed E-state index contributed by atoms with van der Waals surface area (Å²) in [5, 5.41) is 10.5. The van der Waals surface area contributed by atoms with E-state index in [4.69, 9.17) is 4.42 Å². The third-order valence-electron chi connectivity index (χ3n) is 5.36. The summed E-state index contributed by atoms with van der Waals surface area (Å²) < 4.78 is 5.63. The second-order valence-electron chi connectivity index (χ2n) is 6.44. The Hall–Kier alpha value is -0.760. The quantitative estimate of drug-likeness (QED) is 0.875. The van der Waals surface area contributed by atoms with E-state index in [0.717, 1.165) is 46.8 Å². The minimum Gasteiger partial charge on any atom is -0.466 e. The molecule has 2 saturated carbocycles. The summed E-state index contributed by atoms with van der Waals surface area (Å²) >= 11 is 0. The summed E-state index contributed by atoms with van der Waals surface area (Å²) in [4.78, 5) is 0. The predicted molar refractivity (Wildman–Crippen MR) is 71.4 cm³/mol. The van der Waals surface area contributed by atoms with Crippen molar-refractivity contribution in [3.63, 3.8) is 0 Å². The van der Waals surface area contributed by atoms with Crippen LogP contribution in [0.15, 0.2) is 4.42 Å². The van der Waals surface area contributed by atoms with Crippen molar-refractivity contribution in [3.8, 4) is 0 Å². The van der Waals surface area contributed by atoms with Crippen molar-refractivity contribution in [2.45, 2.75) is 59.0 Å². The van der Waals surface area contributed by atoms with E-state index in [1.165, 1.54) is 25.7 Å². The molecule has 1 aromatic heterocycles. The fraction of sp³-hybridized carbons (Fsp3) is 0.750. The average Bonchev–Trinajstić information content (AvgIpc) is 2.95. The highest BCUT2D eigenvalue weighted by Crippen LogP contribution is 2.51. The first-order valence-corrected chi connectivity index (χ1v) is 7.30. The van der Waals surface area contributed by atoms with Gasteiger partial charge in [-0.1, -0.05) is 6.42 Å². The summed E-state index contributed by atoms with van der Waals surface area (Å²) in [5.41, 5.74) is 2.19. The number of furan rings is 1. The molecule has 4 unspecified atom stereocenters. The second-order valence-corrected chi connectivity index (χ2v) is 6.44. The van der Waals surface area contributed by atoms with Gasteiger partial charge in [0.2, 0.25) is 0 Å². The Morgan fingerprint density at radius 2 is 1.94 bits per heavy atom. The van der Waals surface area contributed by atoms with E-state index in [2.05, 4.69) is 6.92 Å². The van der Waals surface area contributed by atoms with Crippen LogP contribution in [0.5, 0.6) is 0 Å². The van der Waals surface area contributed by atoms with Gasteiger partial charge >= 0.3 is 0 Å². The van der Waals surface area contributed by atoms with Gasteiger partial charge in [-0.15, -0.1) is 0 Å². The molecule has 1 N–H and O–H groups in total. The van der Waals surface area contributed by atoms with Gasteiger partial charge in [-0.05, 0) is 69.8 Å². The van der Waals surface area contributed by atoms with Gasteiger partial charge < -0.3 is 9.52 Å². The molecule has 0 radical (unpaired) electrons. The molecule has 0 spiro atoms. The van der Waals surface area contributed by atoms with Gasteiger partial charge in [0.05, 0.1) is 6.10 Å². The normalized spacial score (nSPS) is 32.1. The first kappa shape index (κ1) is 12.3. The van der Waals surface area contributed by atoms with Crippen LogP contribution in [0.25, 0.3) is 0 Å². The fourth-order valence-electron chi connectivity index (χ4n) is 4.37. The molecular weight excluding hydrogens is 224 g/mol. The van der Waals surface area contributed by atoms with Gasteiger partial charge in [-0.25, -0.2) is 0 Å². The number of rotatable bonds is 3. The second kappa shape index (κ2) is 4.41. The Balaban J connectivity index is 1.73. The third kappa shape index (κ3) is 1.91. The van der Waals surface area contributed by atoms with Gasteiger partial charge in [0.15, 0.2) is 0 Å². The lowest BCUT2D eigenvalue weighted by Crippen LogP contribution is -2.14. The lowest BCUT2D eigenvalue weighted by Gasteiger charge is -2.24. The first-order valence-electron chi connectivity index (χ1n) is 7.30. The van der Waals surface area contributed by atoms with E-state index in [0.29, 0.717) is 0 Å². The largest absolute Gasteiger partial charge is 0.466 e. The molecule has 1 aromatic rings. The molecule has 2 fully saturated rings. The monoisotopic (exact) mass is 248 g/mol. The lowest BCUT2D eigenvalue weighted by molar-refractivity contribution is 0.123. The van der Waals surface area contributed by atoms with Crippen LogP contribution in [0.4, 0.5) is 0 Å². The molecule has 4 atom stereocenters. The number of aliphatic hydroxyl groups is 1. The SMILES string of the molecule is Cc1oc(C)c(C(O)CC2CC3CCC2C3)c1C. The molecule has 0 aromatic carbocycles. The molecule has 0 aliphatic heterocycles. The molecule has 0 saturated heterocycles. The Morgan fingerprint density at radius 3 is 2.44 bits per heavy atom. The van der Waals surface area contributed by atoms with Crippen LogP contribution in [0.3, 0.4) is 0 Å². The summed E-state index contributed by atoms with van der Waals surface area (Å²) in [6, 6.07) is 0.